The lowest BCUT2D eigenvalue weighted by molar-refractivity contribution is -0.150. The molecule has 1 atom stereocenters. The lowest BCUT2D eigenvalue weighted by Gasteiger charge is -2.13. The number of nitrogens with zero attached hydrogens (tertiary/aromatic N) is 1. The molecular formula is C16H15ClN2O3S. The van der Waals surface area contributed by atoms with E-state index in [4.69, 9.17) is 16.3 Å². The normalized spacial score (nSPS) is 11.6. The van der Waals surface area contributed by atoms with E-state index in [9.17, 15) is 9.59 Å². The number of ether oxygens (including phenoxy) is 1. The molecule has 120 valence electrons. The second kappa shape index (κ2) is 8.55. The summed E-state index contributed by atoms with van der Waals surface area (Å²) in [4.78, 5) is 28.6. The van der Waals surface area contributed by atoms with Crippen LogP contribution in [0.2, 0.25) is 5.15 Å². The number of amides is 1. The van der Waals surface area contributed by atoms with Gasteiger partial charge in [-0.3, -0.25) is 9.59 Å². The number of anilines is 1. The van der Waals surface area contributed by atoms with Gasteiger partial charge >= 0.3 is 5.97 Å². The van der Waals surface area contributed by atoms with Gasteiger partial charge in [0.25, 0.3) is 5.91 Å². The van der Waals surface area contributed by atoms with Crippen molar-refractivity contribution in [3.05, 3.63) is 53.8 Å². The Morgan fingerprint density at radius 2 is 2.00 bits per heavy atom. The van der Waals surface area contributed by atoms with E-state index in [-0.39, 0.29) is 10.9 Å². The van der Waals surface area contributed by atoms with Crippen molar-refractivity contribution in [3.63, 3.8) is 0 Å². The van der Waals surface area contributed by atoms with Gasteiger partial charge in [0.2, 0.25) is 0 Å². The average Bonchev–Trinajstić information content (AvgIpc) is 2.56. The van der Waals surface area contributed by atoms with Crippen LogP contribution in [-0.4, -0.2) is 28.7 Å². The summed E-state index contributed by atoms with van der Waals surface area (Å²) in [6, 6.07) is 12.7. The molecule has 7 heteroatoms. The first kappa shape index (κ1) is 17.3. The maximum absolute atomic E-state index is 12.0. The van der Waals surface area contributed by atoms with E-state index in [1.165, 1.54) is 24.9 Å². The Balaban J connectivity index is 1.81. The molecule has 1 amide bonds. The minimum atomic E-state index is -0.921. The molecule has 0 fully saturated rings. The highest BCUT2D eigenvalue weighted by molar-refractivity contribution is 8.00. The van der Waals surface area contributed by atoms with Crippen LogP contribution < -0.4 is 5.32 Å². The number of rotatable bonds is 6. The highest BCUT2D eigenvalue weighted by Crippen LogP contribution is 2.19. The van der Waals surface area contributed by atoms with Crippen LogP contribution in [0.25, 0.3) is 0 Å². The predicted octanol–water partition coefficient (Wildman–Crippen LogP) is 3.40. The third kappa shape index (κ3) is 5.58. The third-order valence-electron chi connectivity index (χ3n) is 2.79. The van der Waals surface area contributed by atoms with E-state index in [2.05, 4.69) is 10.3 Å². The molecule has 23 heavy (non-hydrogen) atoms. The maximum atomic E-state index is 12.0. The Labute approximate surface area is 143 Å². The third-order valence-corrected chi connectivity index (χ3v) is 4.08. The molecule has 1 unspecified atom stereocenters. The van der Waals surface area contributed by atoms with Crippen LogP contribution in [0.1, 0.15) is 6.92 Å². The molecule has 1 aromatic carbocycles. The standard InChI is InChI=1S/C16H15ClN2O3S/c1-11(16(21)19-13-8-5-9-18-15(13)17)22-14(20)10-23-12-6-3-2-4-7-12/h2-9,11H,10H2,1H3,(H,19,21). The molecule has 0 aliphatic heterocycles. The van der Waals surface area contributed by atoms with Gasteiger partial charge in [-0.05, 0) is 31.2 Å². The molecule has 2 aromatic rings. The van der Waals surface area contributed by atoms with Gasteiger partial charge in [-0.15, -0.1) is 11.8 Å². The number of carbonyl (C=O) groups is 2. The van der Waals surface area contributed by atoms with Crippen molar-refractivity contribution >= 4 is 40.9 Å². The number of benzene rings is 1. The zero-order valence-electron chi connectivity index (χ0n) is 12.4. The number of carbonyl (C=O) groups excluding carboxylic acids is 2. The van der Waals surface area contributed by atoms with E-state index in [1.807, 2.05) is 30.3 Å². The number of esters is 1. The lowest BCUT2D eigenvalue weighted by Crippen LogP contribution is -2.30. The molecule has 5 nitrogen and oxygen atoms in total. The highest BCUT2D eigenvalue weighted by Gasteiger charge is 2.19. The largest absolute Gasteiger partial charge is 0.452 e. The van der Waals surface area contributed by atoms with Crippen LogP contribution in [0.5, 0.6) is 0 Å². The minimum absolute atomic E-state index is 0.134. The van der Waals surface area contributed by atoms with E-state index < -0.39 is 18.0 Å². The Morgan fingerprint density at radius 3 is 2.70 bits per heavy atom. The van der Waals surface area contributed by atoms with Crippen molar-refractivity contribution < 1.29 is 14.3 Å². The summed E-state index contributed by atoms with van der Waals surface area (Å²) >= 11 is 7.21. The molecule has 2 rings (SSSR count). The van der Waals surface area contributed by atoms with Gasteiger partial charge in [0.15, 0.2) is 11.3 Å². The van der Waals surface area contributed by atoms with Crippen LogP contribution in [0, 0.1) is 0 Å². The summed E-state index contributed by atoms with van der Waals surface area (Å²) in [6.07, 6.45) is 0.595. The van der Waals surface area contributed by atoms with Gasteiger partial charge in [0.1, 0.15) is 0 Å². The van der Waals surface area contributed by atoms with Crippen molar-refractivity contribution in [2.24, 2.45) is 0 Å². The molecule has 1 heterocycles. The van der Waals surface area contributed by atoms with Crippen molar-refractivity contribution in [1.82, 2.24) is 4.98 Å². The smallest absolute Gasteiger partial charge is 0.317 e. The summed E-state index contributed by atoms with van der Waals surface area (Å²) in [5, 5.41) is 2.75. The van der Waals surface area contributed by atoms with Gasteiger partial charge in [-0.1, -0.05) is 29.8 Å². The van der Waals surface area contributed by atoms with Gasteiger partial charge in [-0.2, -0.15) is 0 Å². The second-order valence-electron chi connectivity index (χ2n) is 4.56. The van der Waals surface area contributed by atoms with Crippen molar-refractivity contribution in [2.45, 2.75) is 17.9 Å². The monoisotopic (exact) mass is 350 g/mol. The summed E-state index contributed by atoms with van der Waals surface area (Å²) in [6.45, 7) is 1.50. The van der Waals surface area contributed by atoms with Crippen molar-refractivity contribution in [1.29, 1.82) is 0 Å². The van der Waals surface area contributed by atoms with Crippen molar-refractivity contribution in [3.8, 4) is 0 Å². The van der Waals surface area contributed by atoms with E-state index in [1.54, 1.807) is 12.1 Å². The summed E-state index contributed by atoms with van der Waals surface area (Å²) in [7, 11) is 0. The fraction of sp³-hybridized carbons (Fsp3) is 0.188. The van der Waals surface area contributed by atoms with Gasteiger partial charge < -0.3 is 10.1 Å². The minimum Gasteiger partial charge on any atom is -0.452 e. The first-order chi connectivity index (χ1) is 11.1. The Kier molecular flexibility index (Phi) is 6.43. The van der Waals surface area contributed by atoms with Crippen LogP contribution in [0.4, 0.5) is 5.69 Å². The number of pyridine rings is 1. The fourth-order valence-electron chi connectivity index (χ4n) is 1.66. The van der Waals surface area contributed by atoms with Gasteiger partial charge in [0.05, 0.1) is 11.4 Å². The number of thioether (sulfide) groups is 1. The van der Waals surface area contributed by atoms with Crippen LogP contribution in [-0.2, 0) is 14.3 Å². The van der Waals surface area contributed by atoms with Crippen LogP contribution in [0.15, 0.2) is 53.6 Å². The number of aromatic nitrogens is 1. The molecule has 1 aromatic heterocycles. The molecule has 0 radical (unpaired) electrons. The molecule has 0 bridgehead atoms. The van der Waals surface area contributed by atoms with Gasteiger partial charge in [-0.25, -0.2) is 4.98 Å². The topological polar surface area (TPSA) is 68.3 Å². The Bertz CT molecular complexity index is 682. The first-order valence-electron chi connectivity index (χ1n) is 6.85. The molecule has 0 spiro atoms. The highest BCUT2D eigenvalue weighted by atomic mass is 35.5. The Hall–Kier alpha value is -2.05. The van der Waals surface area contributed by atoms with Crippen LogP contribution in [0.3, 0.4) is 0 Å². The maximum Gasteiger partial charge on any atom is 0.317 e. The summed E-state index contributed by atoms with van der Waals surface area (Å²) in [5.74, 6) is -0.785. The SMILES string of the molecule is CC(OC(=O)CSc1ccccc1)C(=O)Nc1cccnc1Cl. The van der Waals surface area contributed by atoms with Crippen LogP contribution >= 0.6 is 23.4 Å². The zero-order chi connectivity index (χ0) is 16.7. The molecule has 0 saturated carbocycles. The van der Waals surface area contributed by atoms with E-state index >= 15 is 0 Å². The molecule has 1 N–H and O–H groups in total. The van der Waals surface area contributed by atoms with Crippen molar-refractivity contribution in [2.75, 3.05) is 11.1 Å². The first-order valence-corrected chi connectivity index (χ1v) is 8.21. The second-order valence-corrected chi connectivity index (χ2v) is 5.97. The number of hydrogen-bond donors (Lipinski definition) is 1. The molecule has 0 aliphatic carbocycles. The number of hydrogen-bond acceptors (Lipinski definition) is 5. The number of nitrogens with one attached hydrogen (secondary N) is 1. The average molecular weight is 351 g/mol. The summed E-state index contributed by atoms with van der Waals surface area (Å²) in [5.41, 5.74) is 0.376. The Morgan fingerprint density at radius 1 is 1.26 bits per heavy atom. The lowest BCUT2D eigenvalue weighted by atomic mass is 10.3. The van der Waals surface area contributed by atoms with E-state index in [0.717, 1.165) is 4.90 Å². The molecule has 0 saturated heterocycles. The number of halogens is 1. The zero-order valence-corrected chi connectivity index (χ0v) is 13.9. The predicted molar refractivity (Wildman–Crippen MR) is 90.6 cm³/mol. The fourth-order valence-corrected chi connectivity index (χ4v) is 2.53. The van der Waals surface area contributed by atoms with Gasteiger partial charge in [0, 0.05) is 11.1 Å². The van der Waals surface area contributed by atoms with E-state index in [0.29, 0.717) is 5.69 Å². The molecular weight excluding hydrogens is 336 g/mol. The quantitative estimate of drug-likeness (QED) is 0.491. The summed E-state index contributed by atoms with van der Waals surface area (Å²) < 4.78 is 5.11. The molecule has 0 aliphatic rings.